The molecule has 0 radical (unpaired) electrons. The molecule has 2 heterocycles. The number of piperidine rings is 1. The summed E-state index contributed by atoms with van der Waals surface area (Å²) in [6, 6.07) is 8.81. The average Bonchev–Trinajstić information content (AvgIpc) is 3.32. The van der Waals surface area contributed by atoms with Crippen LogP contribution in [-0.4, -0.2) is 32.4 Å². The third kappa shape index (κ3) is 4.97. The number of guanidine groups is 1. The Labute approximate surface area is 199 Å². The van der Waals surface area contributed by atoms with Crippen molar-refractivity contribution in [2.75, 3.05) is 13.1 Å². The zero-order chi connectivity index (χ0) is 25.6. The Balaban J connectivity index is 1.78. The molecule has 2 aromatic rings. The van der Waals surface area contributed by atoms with Crippen molar-refractivity contribution < 1.29 is 21.6 Å². The van der Waals surface area contributed by atoms with E-state index >= 15 is 0 Å². The summed E-state index contributed by atoms with van der Waals surface area (Å²) in [5.41, 5.74) is 21.7. The van der Waals surface area contributed by atoms with Gasteiger partial charge in [0.1, 0.15) is 11.1 Å². The number of nitrogens with zero attached hydrogens (tertiary/aromatic N) is 1. The first-order chi connectivity index (χ1) is 16.3. The van der Waals surface area contributed by atoms with Gasteiger partial charge >= 0.3 is 6.18 Å². The van der Waals surface area contributed by atoms with Gasteiger partial charge < -0.3 is 16.4 Å². The molecule has 0 aliphatic carbocycles. The van der Waals surface area contributed by atoms with Crippen LogP contribution in [0.5, 0.6) is 0 Å². The van der Waals surface area contributed by atoms with Crippen molar-refractivity contribution in [1.29, 1.82) is 5.41 Å². The Bertz CT molecular complexity index is 1220. The number of hydrogen-bond donors (Lipinski definition) is 8. The van der Waals surface area contributed by atoms with Crippen molar-refractivity contribution in [2.45, 2.75) is 35.6 Å². The minimum atomic E-state index is -4.95. The maximum absolute atomic E-state index is 13.7. The maximum Gasteiger partial charge on any atom is 0.417 e. The first-order valence-electron chi connectivity index (χ1n) is 10.6. The number of alkyl halides is 3. The molecule has 11 N–H and O–H groups in total. The number of hydrogen-bond acceptors (Lipinski definition) is 8. The van der Waals surface area contributed by atoms with Crippen LogP contribution in [0.1, 0.15) is 35.7 Å². The first-order valence-corrected chi connectivity index (χ1v) is 12.1. The van der Waals surface area contributed by atoms with E-state index in [0.29, 0.717) is 37.6 Å². The highest BCUT2D eigenvalue weighted by molar-refractivity contribution is 7.89. The van der Waals surface area contributed by atoms with Crippen molar-refractivity contribution in [3.05, 3.63) is 53.1 Å². The van der Waals surface area contributed by atoms with E-state index in [9.17, 15) is 21.6 Å². The molecular formula is C20H26F3N9O2S. The Hall–Kier alpha value is -2.79. The standard InChI is InChI=1S/C20H26F3N9O2S/c21-20(22,23)14-6-5-13(15(16(14)35(27,33)34)17-28-30-31-29-17)11-1-3-12(4-2-11)19(26)7-9-32(10-8-19)18(24)25/h1-6,17,28-31H,7-10,26H2,(H3,24,25)(H2,27,33,34). The van der Waals surface area contributed by atoms with Crippen molar-refractivity contribution in [3.63, 3.8) is 0 Å². The van der Waals surface area contributed by atoms with Gasteiger partial charge in [-0.05, 0) is 35.6 Å². The van der Waals surface area contributed by atoms with Gasteiger partial charge in [0, 0.05) is 24.2 Å². The number of primary sulfonamides is 1. The lowest BCUT2D eigenvalue weighted by Crippen LogP contribution is -2.51. The van der Waals surface area contributed by atoms with Crippen molar-refractivity contribution >= 4 is 16.0 Å². The zero-order valence-electron chi connectivity index (χ0n) is 18.4. The zero-order valence-corrected chi connectivity index (χ0v) is 19.2. The molecule has 0 bridgehead atoms. The lowest BCUT2D eigenvalue weighted by molar-refractivity contribution is -0.140. The van der Waals surface area contributed by atoms with E-state index < -0.39 is 38.4 Å². The van der Waals surface area contributed by atoms with Crippen LogP contribution >= 0.6 is 0 Å². The fourth-order valence-electron chi connectivity index (χ4n) is 4.48. The largest absolute Gasteiger partial charge is 0.417 e. The number of rotatable bonds is 4. The van der Waals surface area contributed by atoms with E-state index in [-0.39, 0.29) is 17.1 Å². The third-order valence-electron chi connectivity index (χ3n) is 6.34. The van der Waals surface area contributed by atoms with Gasteiger partial charge in [0.25, 0.3) is 0 Å². The van der Waals surface area contributed by atoms with E-state index in [1.54, 1.807) is 29.2 Å². The minimum Gasteiger partial charge on any atom is -0.370 e. The van der Waals surface area contributed by atoms with Crippen molar-refractivity contribution in [3.8, 4) is 11.1 Å². The molecule has 11 nitrogen and oxygen atoms in total. The number of nitrogens with one attached hydrogen (secondary N) is 5. The summed E-state index contributed by atoms with van der Waals surface area (Å²) < 4.78 is 65.9. The smallest absolute Gasteiger partial charge is 0.370 e. The Morgan fingerprint density at radius 3 is 2.11 bits per heavy atom. The summed E-state index contributed by atoms with van der Waals surface area (Å²) in [5, 5.41) is 12.8. The highest BCUT2D eigenvalue weighted by Crippen LogP contribution is 2.42. The maximum atomic E-state index is 13.7. The molecule has 2 fully saturated rings. The number of hydrazine groups is 3. The predicted octanol–water partition coefficient (Wildman–Crippen LogP) is 0.279. The molecule has 2 aliphatic heterocycles. The molecule has 0 spiro atoms. The number of nitrogens with two attached hydrogens (primary N) is 3. The molecule has 0 amide bonds. The van der Waals surface area contributed by atoms with Gasteiger partial charge in [0.15, 0.2) is 5.96 Å². The average molecular weight is 514 g/mol. The fourth-order valence-corrected chi connectivity index (χ4v) is 5.51. The molecule has 4 rings (SSSR count). The van der Waals surface area contributed by atoms with Crippen LogP contribution < -0.4 is 38.5 Å². The summed E-state index contributed by atoms with van der Waals surface area (Å²) in [5.74, 6) is -0.0130. The molecule has 2 aromatic carbocycles. The quantitative estimate of drug-likeness (QED) is 0.210. The van der Waals surface area contributed by atoms with Crippen LogP contribution in [0.2, 0.25) is 0 Å². The highest BCUT2D eigenvalue weighted by atomic mass is 32.2. The number of likely N-dealkylation sites (tertiary alicyclic amines) is 1. The van der Waals surface area contributed by atoms with E-state index in [4.69, 9.17) is 22.0 Å². The lowest BCUT2D eigenvalue weighted by atomic mass is 9.81. The van der Waals surface area contributed by atoms with Gasteiger partial charge in [0.05, 0.1) is 5.56 Å². The summed E-state index contributed by atoms with van der Waals surface area (Å²) in [4.78, 5) is 0.709. The van der Waals surface area contributed by atoms with Gasteiger partial charge in [-0.3, -0.25) is 5.41 Å². The summed E-state index contributed by atoms with van der Waals surface area (Å²) >= 11 is 0. The Morgan fingerprint density at radius 2 is 1.63 bits per heavy atom. The van der Waals surface area contributed by atoms with Gasteiger partial charge in [0.2, 0.25) is 10.0 Å². The van der Waals surface area contributed by atoms with Crippen molar-refractivity contribution in [2.24, 2.45) is 16.6 Å². The second-order valence-corrected chi connectivity index (χ2v) is 10.0. The molecule has 0 saturated carbocycles. The molecule has 2 aliphatic rings. The molecule has 35 heavy (non-hydrogen) atoms. The third-order valence-corrected chi connectivity index (χ3v) is 7.35. The topological polar surface area (TPSA) is 187 Å². The Kier molecular flexibility index (Phi) is 6.52. The number of benzene rings is 2. The molecule has 15 heteroatoms. The van der Waals surface area contributed by atoms with E-state index in [2.05, 4.69) is 21.9 Å². The van der Waals surface area contributed by atoms with Crippen LogP contribution in [0.25, 0.3) is 11.1 Å². The normalized spacial score (nSPS) is 19.2. The van der Waals surface area contributed by atoms with Gasteiger partial charge in [-0.1, -0.05) is 30.3 Å². The van der Waals surface area contributed by atoms with E-state index in [1.807, 2.05) is 0 Å². The highest BCUT2D eigenvalue weighted by Gasteiger charge is 2.41. The summed E-state index contributed by atoms with van der Waals surface area (Å²) in [6.45, 7) is 1.04. The lowest BCUT2D eigenvalue weighted by Gasteiger charge is -2.39. The number of halogens is 3. The van der Waals surface area contributed by atoms with Crippen LogP contribution in [0.3, 0.4) is 0 Å². The monoisotopic (exact) mass is 513 g/mol. The summed E-state index contributed by atoms with van der Waals surface area (Å²) in [6.07, 6.45) is -4.88. The second kappa shape index (κ2) is 9.02. The second-order valence-electron chi connectivity index (χ2n) is 8.52. The SMILES string of the molecule is N=C(N)N1CCC(N)(c2ccc(-c3ccc(C(F)(F)F)c(S(N)(=O)=O)c3C3NNNN3)cc2)CC1. The van der Waals surface area contributed by atoms with Crippen LogP contribution in [-0.2, 0) is 21.7 Å². The van der Waals surface area contributed by atoms with Crippen LogP contribution in [0.15, 0.2) is 41.3 Å². The molecule has 0 unspecified atom stereocenters. The van der Waals surface area contributed by atoms with E-state index in [1.165, 1.54) is 6.07 Å². The van der Waals surface area contributed by atoms with E-state index in [0.717, 1.165) is 5.56 Å². The minimum absolute atomic E-state index is 0.0130. The van der Waals surface area contributed by atoms with Gasteiger partial charge in [-0.25, -0.2) is 24.4 Å². The van der Waals surface area contributed by atoms with Crippen LogP contribution in [0.4, 0.5) is 13.2 Å². The van der Waals surface area contributed by atoms with Gasteiger partial charge in [-0.2, -0.15) is 24.2 Å². The Morgan fingerprint density at radius 1 is 1.06 bits per heavy atom. The molecule has 190 valence electrons. The van der Waals surface area contributed by atoms with Crippen molar-refractivity contribution in [1.82, 2.24) is 26.8 Å². The van der Waals surface area contributed by atoms with Crippen LogP contribution in [0, 0.1) is 5.41 Å². The first kappa shape index (κ1) is 25.3. The number of sulfonamides is 1. The van der Waals surface area contributed by atoms with Gasteiger partial charge in [-0.15, -0.1) is 0 Å². The molecule has 0 atom stereocenters. The predicted molar refractivity (Wildman–Crippen MR) is 122 cm³/mol. The molecule has 2 saturated heterocycles. The molecular weight excluding hydrogens is 487 g/mol. The fraction of sp³-hybridized carbons (Fsp3) is 0.350. The molecule has 0 aromatic heterocycles. The summed E-state index contributed by atoms with van der Waals surface area (Å²) in [7, 11) is -4.77.